The van der Waals surface area contributed by atoms with E-state index in [4.69, 9.17) is 11.6 Å². The second kappa shape index (κ2) is 6.58. The normalized spacial score (nSPS) is 11.2. The molecule has 1 heterocycles. The molecule has 26 heavy (non-hydrogen) atoms. The van der Waals surface area contributed by atoms with E-state index in [-0.39, 0.29) is 5.02 Å². The van der Waals surface area contributed by atoms with E-state index >= 15 is 0 Å². The first-order chi connectivity index (χ1) is 12.5. The number of imidazole rings is 1. The molecular formula is C22H18ClFN2. The molecule has 0 aliphatic rings. The topological polar surface area (TPSA) is 17.8 Å². The fourth-order valence-electron chi connectivity index (χ4n) is 3.35. The number of fused-ring (bicyclic) bond motifs is 1. The maximum Gasteiger partial charge on any atom is 0.141 e. The molecule has 1 aromatic heterocycles. The molecular weight excluding hydrogens is 347 g/mol. The predicted molar refractivity (Wildman–Crippen MR) is 105 cm³/mol. The van der Waals surface area contributed by atoms with E-state index in [0.29, 0.717) is 6.54 Å². The van der Waals surface area contributed by atoms with Crippen LogP contribution in [0.25, 0.3) is 22.2 Å². The molecule has 0 unspecified atom stereocenters. The molecule has 4 rings (SSSR count). The van der Waals surface area contributed by atoms with Crippen molar-refractivity contribution in [2.75, 3.05) is 0 Å². The predicted octanol–water partition coefficient (Wildman–Crippen LogP) is 6.16. The lowest BCUT2D eigenvalue weighted by molar-refractivity contribution is 0.627. The Balaban J connectivity index is 1.84. The largest absolute Gasteiger partial charge is 0.326 e. The van der Waals surface area contributed by atoms with Gasteiger partial charge < -0.3 is 4.57 Å². The molecule has 3 aromatic carbocycles. The minimum absolute atomic E-state index is 0.142. The van der Waals surface area contributed by atoms with Crippen molar-refractivity contribution in [1.29, 1.82) is 0 Å². The van der Waals surface area contributed by atoms with Crippen molar-refractivity contribution in [2.24, 2.45) is 0 Å². The van der Waals surface area contributed by atoms with Gasteiger partial charge in [-0.2, -0.15) is 0 Å². The van der Waals surface area contributed by atoms with Gasteiger partial charge in [0.2, 0.25) is 0 Å². The summed E-state index contributed by atoms with van der Waals surface area (Å²) in [6.07, 6.45) is 1.84. The lowest BCUT2D eigenvalue weighted by Gasteiger charge is -2.10. The molecule has 0 atom stereocenters. The molecule has 0 aliphatic carbocycles. The molecule has 0 aliphatic heterocycles. The second-order valence-electron chi connectivity index (χ2n) is 6.62. The van der Waals surface area contributed by atoms with Crippen LogP contribution in [-0.2, 0) is 6.54 Å². The summed E-state index contributed by atoms with van der Waals surface area (Å²) in [5, 5.41) is 0.142. The fraction of sp³-hybridized carbons (Fsp3) is 0.136. The summed E-state index contributed by atoms with van der Waals surface area (Å²) < 4.78 is 15.5. The van der Waals surface area contributed by atoms with Gasteiger partial charge in [-0.15, -0.1) is 0 Å². The van der Waals surface area contributed by atoms with Crippen molar-refractivity contribution in [2.45, 2.75) is 20.4 Å². The minimum Gasteiger partial charge on any atom is -0.326 e. The van der Waals surface area contributed by atoms with E-state index in [9.17, 15) is 4.39 Å². The van der Waals surface area contributed by atoms with Crippen molar-refractivity contribution < 1.29 is 4.39 Å². The first-order valence-electron chi connectivity index (χ1n) is 8.48. The van der Waals surface area contributed by atoms with Crippen LogP contribution in [0.2, 0.25) is 5.02 Å². The van der Waals surface area contributed by atoms with Crippen LogP contribution in [0, 0.1) is 19.7 Å². The zero-order chi connectivity index (χ0) is 18.3. The van der Waals surface area contributed by atoms with Crippen molar-refractivity contribution in [1.82, 2.24) is 9.55 Å². The molecule has 0 amide bonds. The molecule has 0 saturated heterocycles. The summed E-state index contributed by atoms with van der Waals surface area (Å²) in [5.74, 6) is -0.399. The lowest BCUT2D eigenvalue weighted by Crippen LogP contribution is -1.99. The second-order valence-corrected chi connectivity index (χ2v) is 7.02. The molecule has 0 spiro atoms. The van der Waals surface area contributed by atoms with Crippen molar-refractivity contribution >= 4 is 22.6 Å². The van der Waals surface area contributed by atoms with Crippen LogP contribution in [-0.4, -0.2) is 9.55 Å². The minimum atomic E-state index is -0.399. The van der Waals surface area contributed by atoms with Gasteiger partial charge in [-0.05, 0) is 60.4 Å². The lowest BCUT2D eigenvalue weighted by atomic mass is 9.97. The van der Waals surface area contributed by atoms with Crippen molar-refractivity contribution in [3.8, 4) is 11.1 Å². The number of hydrogen-bond acceptors (Lipinski definition) is 1. The van der Waals surface area contributed by atoms with Crippen LogP contribution in [0.4, 0.5) is 4.39 Å². The summed E-state index contributed by atoms with van der Waals surface area (Å²) >= 11 is 5.92. The average Bonchev–Trinajstić information content (AvgIpc) is 3.01. The summed E-state index contributed by atoms with van der Waals surface area (Å²) in [6, 6.07) is 17.5. The van der Waals surface area contributed by atoms with E-state index in [2.05, 4.69) is 47.7 Å². The SMILES string of the molecule is Cc1cc(-c2ccccc2C)c2ncn(Cc3ccc(F)c(Cl)c3)c2c1. The zero-order valence-electron chi connectivity index (χ0n) is 14.6. The molecule has 0 fully saturated rings. The molecule has 2 nitrogen and oxygen atoms in total. The standard InChI is InChI=1S/C22H18ClFN2/c1-14-9-18(17-6-4-3-5-15(17)2)22-21(10-14)26(13-25-22)12-16-7-8-20(24)19(23)11-16/h3-11,13H,12H2,1-2H3. The highest BCUT2D eigenvalue weighted by Gasteiger charge is 2.12. The number of rotatable bonds is 3. The van der Waals surface area contributed by atoms with Crippen LogP contribution >= 0.6 is 11.6 Å². The van der Waals surface area contributed by atoms with E-state index in [1.54, 1.807) is 12.1 Å². The number of aryl methyl sites for hydroxylation is 2. The average molecular weight is 365 g/mol. The highest BCUT2D eigenvalue weighted by atomic mass is 35.5. The van der Waals surface area contributed by atoms with E-state index in [1.165, 1.54) is 22.8 Å². The van der Waals surface area contributed by atoms with Gasteiger partial charge in [-0.25, -0.2) is 9.37 Å². The maximum absolute atomic E-state index is 13.4. The third-order valence-electron chi connectivity index (χ3n) is 4.64. The van der Waals surface area contributed by atoms with Gasteiger partial charge in [0.15, 0.2) is 0 Å². The smallest absolute Gasteiger partial charge is 0.141 e. The Morgan fingerprint density at radius 3 is 2.58 bits per heavy atom. The Bertz CT molecular complexity index is 1110. The summed E-state index contributed by atoms with van der Waals surface area (Å²) in [7, 11) is 0. The van der Waals surface area contributed by atoms with Crippen molar-refractivity contribution in [3.63, 3.8) is 0 Å². The van der Waals surface area contributed by atoms with Gasteiger partial charge >= 0.3 is 0 Å². The van der Waals surface area contributed by atoms with Crippen LogP contribution in [0.5, 0.6) is 0 Å². The number of hydrogen-bond donors (Lipinski definition) is 0. The Kier molecular flexibility index (Phi) is 4.25. The molecule has 0 radical (unpaired) electrons. The van der Waals surface area contributed by atoms with Crippen molar-refractivity contribution in [3.05, 3.63) is 88.5 Å². The third kappa shape index (κ3) is 2.99. The Labute approximate surface area is 156 Å². The van der Waals surface area contributed by atoms with Gasteiger partial charge in [-0.3, -0.25) is 0 Å². The Hall–Kier alpha value is -2.65. The molecule has 0 bridgehead atoms. The van der Waals surface area contributed by atoms with Gasteiger partial charge in [0, 0.05) is 12.1 Å². The van der Waals surface area contributed by atoms with E-state index in [0.717, 1.165) is 22.2 Å². The van der Waals surface area contributed by atoms with Crippen LogP contribution in [0.15, 0.2) is 60.9 Å². The molecule has 4 heteroatoms. The van der Waals surface area contributed by atoms with Gasteiger partial charge in [0.25, 0.3) is 0 Å². The number of aromatic nitrogens is 2. The monoisotopic (exact) mass is 364 g/mol. The van der Waals surface area contributed by atoms with E-state index < -0.39 is 5.82 Å². The van der Waals surface area contributed by atoms with Gasteiger partial charge in [0.05, 0.1) is 22.4 Å². The van der Waals surface area contributed by atoms with Crippen LogP contribution in [0.1, 0.15) is 16.7 Å². The van der Waals surface area contributed by atoms with Gasteiger partial charge in [-0.1, -0.05) is 41.9 Å². The summed E-state index contributed by atoms with van der Waals surface area (Å²) in [5.41, 5.74) is 7.69. The molecule has 0 saturated carbocycles. The first kappa shape index (κ1) is 16.8. The number of nitrogens with zero attached hydrogens (tertiary/aromatic N) is 2. The van der Waals surface area contributed by atoms with Gasteiger partial charge in [0.1, 0.15) is 5.82 Å². The quantitative estimate of drug-likeness (QED) is 0.425. The number of benzene rings is 3. The number of halogens is 2. The molecule has 0 N–H and O–H groups in total. The fourth-order valence-corrected chi connectivity index (χ4v) is 3.55. The highest BCUT2D eigenvalue weighted by molar-refractivity contribution is 6.30. The van der Waals surface area contributed by atoms with Crippen LogP contribution in [0.3, 0.4) is 0 Å². The van der Waals surface area contributed by atoms with Crippen LogP contribution < -0.4 is 0 Å². The first-order valence-corrected chi connectivity index (χ1v) is 8.86. The maximum atomic E-state index is 13.4. The van der Waals surface area contributed by atoms with E-state index in [1.807, 2.05) is 18.5 Å². The third-order valence-corrected chi connectivity index (χ3v) is 4.93. The zero-order valence-corrected chi connectivity index (χ0v) is 15.4. The summed E-state index contributed by atoms with van der Waals surface area (Å²) in [4.78, 5) is 4.67. The Morgan fingerprint density at radius 2 is 1.81 bits per heavy atom. The molecule has 4 aromatic rings. The highest BCUT2D eigenvalue weighted by Crippen LogP contribution is 2.31. The Morgan fingerprint density at radius 1 is 1.00 bits per heavy atom. The summed E-state index contributed by atoms with van der Waals surface area (Å²) in [6.45, 7) is 4.79. The molecule has 130 valence electrons.